The van der Waals surface area contributed by atoms with Crippen molar-refractivity contribution in [2.24, 2.45) is 5.73 Å². The van der Waals surface area contributed by atoms with Gasteiger partial charge < -0.3 is 15.2 Å². The van der Waals surface area contributed by atoms with Crippen LogP contribution in [-0.2, 0) is 0 Å². The van der Waals surface area contributed by atoms with Crippen molar-refractivity contribution in [2.45, 2.75) is 11.1 Å². The van der Waals surface area contributed by atoms with E-state index in [-0.39, 0.29) is 12.8 Å². The van der Waals surface area contributed by atoms with Crippen LogP contribution in [0.25, 0.3) is 0 Å². The molecular weight excluding hydrogens is 296 g/mol. The molecule has 4 nitrogen and oxygen atoms in total. The van der Waals surface area contributed by atoms with Crippen molar-refractivity contribution in [2.75, 3.05) is 12.5 Å². The fourth-order valence-corrected chi connectivity index (χ4v) is 2.81. The fourth-order valence-electron chi connectivity index (χ4n) is 1.86. The molecule has 2 heterocycles. The molecule has 0 spiro atoms. The SMILES string of the molecule is NC(CSc1ccc(Cl)cn1)c1ccc2c(c1)OCO2. The van der Waals surface area contributed by atoms with Crippen LogP contribution in [0, 0.1) is 0 Å². The van der Waals surface area contributed by atoms with E-state index in [2.05, 4.69) is 4.98 Å². The highest BCUT2D eigenvalue weighted by molar-refractivity contribution is 7.99. The molecule has 20 heavy (non-hydrogen) atoms. The molecule has 1 atom stereocenters. The molecule has 104 valence electrons. The quantitative estimate of drug-likeness (QED) is 0.879. The second-order valence-electron chi connectivity index (χ2n) is 4.34. The van der Waals surface area contributed by atoms with E-state index in [1.54, 1.807) is 18.0 Å². The molecule has 2 N–H and O–H groups in total. The smallest absolute Gasteiger partial charge is 0.231 e. The lowest BCUT2D eigenvalue weighted by Gasteiger charge is -2.12. The lowest BCUT2D eigenvalue weighted by Crippen LogP contribution is -2.12. The molecule has 0 saturated heterocycles. The van der Waals surface area contributed by atoms with Crippen molar-refractivity contribution < 1.29 is 9.47 Å². The minimum Gasteiger partial charge on any atom is -0.454 e. The maximum absolute atomic E-state index is 6.20. The number of halogens is 1. The number of pyridine rings is 1. The molecular formula is C14H13ClN2O2S. The van der Waals surface area contributed by atoms with Gasteiger partial charge in [-0.2, -0.15) is 0 Å². The number of rotatable bonds is 4. The van der Waals surface area contributed by atoms with Gasteiger partial charge in [0.25, 0.3) is 0 Å². The highest BCUT2D eigenvalue weighted by atomic mass is 35.5. The van der Waals surface area contributed by atoms with Crippen LogP contribution in [0.1, 0.15) is 11.6 Å². The van der Waals surface area contributed by atoms with Crippen molar-refractivity contribution in [1.82, 2.24) is 4.98 Å². The third-order valence-electron chi connectivity index (χ3n) is 2.94. The molecule has 1 aromatic carbocycles. The Morgan fingerprint density at radius 3 is 2.90 bits per heavy atom. The minimum absolute atomic E-state index is 0.0908. The van der Waals surface area contributed by atoms with E-state index < -0.39 is 0 Å². The largest absolute Gasteiger partial charge is 0.454 e. The summed E-state index contributed by atoms with van der Waals surface area (Å²) in [5, 5.41) is 1.54. The van der Waals surface area contributed by atoms with Gasteiger partial charge in [-0.1, -0.05) is 17.7 Å². The van der Waals surface area contributed by atoms with Gasteiger partial charge in [-0.15, -0.1) is 11.8 Å². The molecule has 0 radical (unpaired) electrons. The number of fused-ring (bicyclic) bond motifs is 1. The second-order valence-corrected chi connectivity index (χ2v) is 5.82. The highest BCUT2D eigenvalue weighted by Crippen LogP contribution is 2.34. The summed E-state index contributed by atoms with van der Waals surface area (Å²) in [5.41, 5.74) is 7.22. The predicted molar refractivity (Wildman–Crippen MR) is 79.5 cm³/mol. The van der Waals surface area contributed by atoms with Gasteiger partial charge >= 0.3 is 0 Å². The number of aromatic nitrogens is 1. The summed E-state index contributed by atoms with van der Waals surface area (Å²) in [5.74, 6) is 2.26. The number of hydrogen-bond donors (Lipinski definition) is 1. The van der Waals surface area contributed by atoms with Gasteiger partial charge in [-0.05, 0) is 29.8 Å². The Bertz CT molecular complexity index is 607. The minimum atomic E-state index is -0.0908. The van der Waals surface area contributed by atoms with Crippen LogP contribution in [0.5, 0.6) is 11.5 Å². The van der Waals surface area contributed by atoms with Gasteiger partial charge in [0.15, 0.2) is 11.5 Å². The van der Waals surface area contributed by atoms with Crippen LogP contribution in [-0.4, -0.2) is 17.5 Å². The van der Waals surface area contributed by atoms with Gasteiger partial charge in [0.05, 0.1) is 10.0 Å². The summed E-state index contributed by atoms with van der Waals surface area (Å²) in [7, 11) is 0. The monoisotopic (exact) mass is 308 g/mol. The highest BCUT2D eigenvalue weighted by Gasteiger charge is 2.16. The summed E-state index contributed by atoms with van der Waals surface area (Å²) in [4.78, 5) is 4.23. The maximum atomic E-state index is 6.20. The molecule has 3 rings (SSSR count). The Labute approximate surface area is 126 Å². The molecule has 1 unspecified atom stereocenters. The van der Waals surface area contributed by atoms with Crippen molar-refractivity contribution >= 4 is 23.4 Å². The summed E-state index contributed by atoms with van der Waals surface area (Å²) < 4.78 is 10.6. The van der Waals surface area contributed by atoms with Gasteiger partial charge in [0.2, 0.25) is 6.79 Å². The zero-order valence-corrected chi connectivity index (χ0v) is 12.2. The maximum Gasteiger partial charge on any atom is 0.231 e. The molecule has 1 aliphatic rings. The third-order valence-corrected chi connectivity index (χ3v) is 4.22. The van der Waals surface area contributed by atoms with E-state index >= 15 is 0 Å². The standard InChI is InChI=1S/C14H13ClN2O2S/c15-10-2-4-14(17-6-10)20-7-11(16)9-1-3-12-13(5-9)19-8-18-12/h1-6,11H,7-8,16H2. The Hall–Kier alpha value is -1.43. The summed E-state index contributed by atoms with van der Waals surface area (Å²) in [6, 6.07) is 9.41. The summed E-state index contributed by atoms with van der Waals surface area (Å²) in [6.07, 6.45) is 1.63. The van der Waals surface area contributed by atoms with E-state index in [4.69, 9.17) is 26.8 Å². The fraction of sp³-hybridized carbons (Fsp3) is 0.214. The van der Waals surface area contributed by atoms with Gasteiger partial charge in [0.1, 0.15) is 0 Å². The number of ether oxygens (including phenoxy) is 2. The van der Waals surface area contributed by atoms with E-state index in [0.29, 0.717) is 5.02 Å². The topological polar surface area (TPSA) is 57.4 Å². The number of nitrogens with zero attached hydrogens (tertiary/aromatic N) is 1. The first-order valence-electron chi connectivity index (χ1n) is 6.12. The van der Waals surface area contributed by atoms with Crippen LogP contribution >= 0.6 is 23.4 Å². The Morgan fingerprint density at radius 2 is 2.10 bits per heavy atom. The predicted octanol–water partition coefficient (Wildman–Crippen LogP) is 3.26. The van der Waals surface area contributed by atoms with Crippen molar-refractivity contribution in [3.05, 3.63) is 47.1 Å². The Kier molecular flexibility index (Phi) is 4.00. The number of benzene rings is 1. The van der Waals surface area contributed by atoms with Gasteiger partial charge in [0, 0.05) is 18.0 Å². The molecule has 0 amide bonds. The number of hydrogen-bond acceptors (Lipinski definition) is 5. The molecule has 1 aliphatic heterocycles. The van der Waals surface area contributed by atoms with Crippen LogP contribution in [0.4, 0.5) is 0 Å². The molecule has 2 aromatic rings. The Morgan fingerprint density at radius 1 is 1.25 bits per heavy atom. The third kappa shape index (κ3) is 3.00. The average molecular weight is 309 g/mol. The first kappa shape index (κ1) is 13.5. The summed E-state index contributed by atoms with van der Waals surface area (Å²) >= 11 is 7.40. The van der Waals surface area contributed by atoms with Crippen LogP contribution in [0.15, 0.2) is 41.6 Å². The molecule has 0 saturated carbocycles. The van der Waals surface area contributed by atoms with Crippen LogP contribution in [0.2, 0.25) is 5.02 Å². The second kappa shape index (κ2) is 5.91. The zero-order valence-electron chi connectivity index (χ0n) is 10.6. The van der Waals surface area contributed by atoms with Crippen molar-refractivity contribution in [1.29, 1.82) is 0 Å². The normalized spacial score (nSPS) is 14.3. The van der Waals surface area contributed by atoms with E-state index in [1.807, 2.05) is 30.3 Å². The number of thioether (sulfide) groups is 1. The molecule has 0 aliphatic carbocycles. The lowest BCUT2D eigenvalue weighted by molar-refractivity contribution is 0.174. The Balaban J connectivity index is 1.64. The average Bonchev–Trinajstić information content (AvgIpc) is 2.93. The van der Waals surface area contributed by atoms with Crippen molar-refractivity contribution in [3.8, 4) is 11.5 Å². The molecule has 6 heteroatoms. The van der Waals surface area contributed by atoms with E-state index in [0.717, 1.165) is 27.8 Å². The number of nitrogens with two attached hydrogens (primary N) is 1. The lowest BCUT2D eigenvalue weighted by atomic mass is 10.1. The first-order valence-corrected chi connectivity index (χ1v) is 7.48. The van der Waals surface area contributed by atoms with Gasteiger partial charge in [-0.25, -0.2) is 4.98 Å². The molecule has 0 bridgehead atoms. The van der Waals surface area contributed by atoms with Crippen LogP contribution < -0.4 is 15.2 Å². The van der Waals surface area contributed by atoms with Gasteiger partial charge in [-0.3, -0.25) is 0 Å². The molecule has 1 aromatic heterocycles. The van der Waals surface area contributed by atoms with Crippen molar-refractivity contribution in [3.63, 3.8) is 0 Å². The first-order chi connectivity index (χ1) is 9.72. The zero-order chi connectivity index (χ0) is 13.9. The van der Waals surface area contributed by atoms with E-state index in [1.165, 1.54) is 0 Å². The summed E-state index contributed by atoms with van der Waals surface area (Å²) in [6.45, 7) is 0.275. The molecule has 0 fully saturated rings. The van der Waals surface area contributed by atoms with E-state index in [9.17, 15) is 0 Å². The van der Waals surface area contributed by atoms with Crippen LogP contribution in [0.3, 0.4) is 0 Å².